The number of likely N-dealkylation sites (tertiary alicyclic amines) is 1. The van der Waals surface area contributed by atoms with Crippen LogP contribution in [0, 0.1) is 5.92 Å². The first kappa shape index (κ1) is 20.9. The van der Waals surface area contributed by atoms with Gasteiger partial charge in [-0.3, -0.25) is 4.79 Å². The van der Waals surface area contributed by atoms with E-state index in [1.165, 1.54) is 5.56 Å². The lowest BCUT2D eigenvalue weighted by Gasteiger charge is -2.24. The average Bonchev–Trinajstić information content (AvgIpc) is 2.99. The van der Waals surface area contributed by atoms with Gasteiger partial charge in [0.15, 0.2) is 0 Å². The van der Waals surface area contributed by atoms with Gasteiger partial charge >= 0.3 is 0 Å². The molecule has 1 fully saturated rings. The minimum Gasteiger partial charge on any atom is -0.354 e. The van der Waals surface area contributed by atoms with Gasteiger partial charge in [-0.05, 0) is 44.2 Å². The number of halogens is 1. The van der Waals surface area contributed by atoms with E-state index in [-0.39, 0.29) is 18.3 Å². The number of hydrogen-bond donors (Lipinski definition) is 2. The van der Waals surface area contributed by atoms with Gasteiger partial charge in [-0.1, -0.05) is 43.7 Å². The van der Waals surface area contributed by atoms with Gasteiger partial charge in [-0.2, -0.15) is 0 Å². The molecule has 2 atom stereocenters. The van der Waals surface area contributed by atoms with E-state index in [9.17, 15) is 4.79 Å². The second kappa shape index (κ2) is 10.0. The molecule has 0 bridgehead atoms. The zero-order chi connectivity index (χ0) is 16.7. The third kappa shape index (κ3) is 6.42. The zero-order valence-corrected chi connectivity index (χ0v) is 15.8. The summed E-state index contributed by atoms with van der Waals surface area (Å²) in [6.45, 7) is 7.92. The van der Waals surface area contributed by atoms with Gasteiger partial charge in [0.1, 0.15) is 0 Å². The van der Waals surface area contributed by atoms with E-state index in [0.717, 1.165) is 51.9 Å². The molecule has 0 saturated carbocycles. The summed E-state index contributed by atoms with van der Waals surface area (Å²) < 4.78 is 0. The Balaban J connectivity index is 0.00000288. The van der Waals surface area contributed by atoms with Gasteiger partial charge in [-0.15, -0.1) is 12.4 Å². The number of carbonyl (C=O) groups excluding carboxylic acids is 1. The predicted molar refractivity (Wildman–Crippen MR) is 102 cm³/mol. The fourth-order valence-electron chi connectivity index (χ4n) is 3.29. The van der Waals surface area contributed by atoms with Crippen LogP contribution in [0.4, 0.5) is 0 Å². The van der Waals surface area contributed by atoms with Crippen molar-refractivity contribution in [2.24, 2.45) is 11.7 Å². The fraction of sp³-hybridized carbons (Fsp3) is 0.632. The van der Waals surface area contributed by atoms with Crippen LogP contribution in [0.25, 0.3) is 0 Å². The molecule has 1 heterocycles. The standard InChI is InChI=1S/C19H31N3O.ClH/c1-3-11-19(2,20)18(23)21-14-17-10-13-22(15-17)12-9-16-7-5-4-6-8-16;/h4-8,17H,3,9-15,20H2,1-2H3,(H,21,23);1H. The van der Waals surface area contributed by atoms with Crippen molar-refractivity contribution < 1.29 is 4.79 Å². The maximum absolute atomic E-state index is 12.2. The quantitative estimate of drug-likeness (QED) is 0.755. The number of nitrogens with zero attached hydrogens (tertiary/aromatic N) is 1. The Hall–Kier alpha value is -1.10. The minimum absolute atomic E-state index is 0. The van der Waals surface area contributed by atoms with Crippen LogP contribution in [0.2, 0.25) is 0 Å². The van der Waals surface area contributed by atoms with Gasteiger partial charge in [0.25, 0.3) is 0 Å². The van der Waals surface area contributed by atoms with E-state index >= 15 is 0 Å². The number of rotatable bonds is 8. The van der Waals surface area contributed by atoms with Crippen LogP contribution >= 0.6 is 12.4 Å². The molecule has 2 rings (SSSR count). The van der Waals surface area contributed by atoms with E-state index in [1.807, 2.05) is 6.92 Å². The zero-order valence-electron chi connectivity index (χ0n) is 15.0. The van der Waals surface area contributed by atoms with Crippen molar-refractivity contribution in [1.82, 2.24) is 10.2 Å². The van der Waals surface area contributed by atoms with Crippen molar-refractivity contribution >= 4 is 18.3 Å². The lowest BCUT2D eigenvalue weighted by Crippen LogP contribution is -2.52. The molecule has 4 nitrogen and oxygen atoms in total. The SMILES string of the molecule is CCCC(C)(N)C(=O)NCC1CCN(CCc2ccccc2)C1.Cl. The van der Waals surface area contributed by atoms with Gasteiger partial charge in [0, 0.05) is 19.6 Å². The van der Waals surface area contributed by atoms with E-state index in [1.54, 1.807) is 0 Å². The summed E-state index contributed by atoms with van der Waals surface area (Å²) in [5.74, 6) is 0.536. The molecule has 0 radical (unpaired) electrons. The van der Waals surface area contributed by atoms with Gasteiger partial charge in [-0.25, -0.2) is 0 Å². The first-order valence-electron chi connectivity index (χ1n) is 8.84. The molecule has 1 aromatic carbocycles. The van der Waals surface area contributed by atoms with Crippen molar-refractivity contribution in [3.63, 3.8) is 0 Å². The maximum Gasteiger partial charge on any atom is 0.239 e. The van der Waals surface area contributed by atoms with Gasteiger partial charge < -0.3 is 16.0 Å². The van der Waals surface area contributed by atoms with Crippen molar-refractivity contribution in [2.75, 3.05) is 26.2 Å². The first-order chi connectivity index (χ1) is 11.0. The summed E-state index contributed by atoms with van der Waals surface area (Å²) in [5, 5.41) is 3.05. The third-order valence-corrected chi connectivity index (χ3v) is 4.77. The summed E-state index contributed by atoms with van der Waals surface area (Å²) in [5.41, 5.74) is 6.73. The summed E-state index contributed by atoms with van der Waals surface area (Å²) in [6.07, 6.45) is 3.91. The predicted octanol–water partition coefficient (Wildman–Crippen LogP) is 2.61. The molecule has 1 saturated heterocycles. The molecule has 2 unspecified atom stereocenters. The second-order valence-corrected chi connectivity index (χ2v) is 7.07. The van der Waals surface area contributed by atoms with Gasteiger partial charge in [0.05, 0.1) is 5.54 Å². The molecular weight excluding hydrogens is 322 g/mol. The van der Waals surface area contributed by atoms with Crippen LogP contribution in [-0.4, -0.2) is 42.5 Å². The van der Waals surface area contributed by atoms with Crippen molar-refractivity contribution in [3.05, 3.63) is 35.9 Å². The molecule has 1 aliphatic rings. The van der Waals surface area contributed by atoms with Crippen molar-refractivity contribution in [2.45, 2.75) is 45.1 Å². The summed E-state index contributed by atoms with van der Waals surface area (Å²) >= 11 is 0. The molecule has 1 aliphatic heterocycles. The minimum atomic E-state index is -0.736. The molecule has 0 aliphatic carbocycles. The van der Waals surface area contributed by atoms with E-state index in [0.29, 0.717) is 5.92 Å². The Morgan fingerprint density at radius 3 is 2.75 bits per heavy atom. The Labute approximate surface area is 152 Å². The molecule has 24 heavy (non-hydrogen) atoms. The topological polar surface area (TPSA) is 58.4 Å². The van der Waals surface area contributed by atoms with Crippen molar-refractivity contribution in [3.8, 4) is 0 Å². The Morgan fingerprint density at radius 1 is 1.38 bits per heavy atom. The average molecular weight is 354 g/mol. The molecule has 1 amide bonds. The molecule has 5 heteroatoms. The van der Waals surface area contributed by atoms with Crippen LogP contribution in [0.15, 0.2) is 30.3 Å². The van der Waals surface area contributed by atoms with Gasteiger partial charge in [0.2, 0.25) is 5.91 Å². The van der Waals surface area contributed by atoms with Crippen LogP contribution in [-0.2, 0) is 11.2 Å². The highest BCUT2D eigenvalue weighted by molar-refractivity contribution is 5.85. The highest BCUT2D eigenvalue weighted by Crippen LogP contribution is 2.16. The molecule has 0 aromatic heterocycles. The van der Waals surface area contributed by atoms with Crippen LogP contribution in [0.5, 0.6) is 0 Å². The van der Waals surface area contributed by atoms with E-state index in [2.05, 4.69) is 47.5 Å². The largest absolute Gasteiger partial charge is 0.354 e. The highest BCUT2D eigenvalue weighted by atomic mass is 35.5. The summed E-state index contributed by atoms with van der Waals surface area (Å²) in [6, 6.07) is 10.6. The number of amides is 1. The number of nitrogens with two attached hydrogens (primary N) is 1. The first-order valence-corrected chi connectivity index (χ1v) is 8.84. The summed E-state index contributed by atoms with van der Waals surface area (Å²) in [4.78, 5) is 14.7. The second-order valence-electron chi connectivity index (χ2n) is 7.07. The van der Waals surface area contributed by atoms with E-state index < -0.39 is 5.54 Å². The molecule has 136 valence electrons. The normalized spacial score (nSPS) is 20.2. The lowest BCUT2D eigenvalue weighted by atomic mass is 9.96. The Bertz CT molecular complexity index is 493. The molecule has 0 spiro atoms. The smallest absolute Gasteiger partial charge is 0.239 e. The van der Waals surface area contributed by atoms with Crippen LogP contribution in [0.3, 0.4) is 0 Å². The number of nitrogens with one attached hydrogen (secondary N) is 1. The van der Waals surface area contributed by atoms with E-state index in [4.69, 9.17) is 5.73 Å². The summed E-state index contributed by atoms with van der Waals surface area (Å²) in [7, 11) is 0. The van der Waals surface area contributed by atoms with Crippen LogP contribution in [0.1, 0.15) is 38.7 Å². The highest BCUT2D eigenvalue weighted by Gasteiger charge is 2.29. The Morgan fingerprint density at radius 2 is 2.08 bits per heavy atom. The monoisotopic (exact) mass is 353 g/mol. The maximum atomic E-state index is 12.2. The third-order valence-electron chi connectivity index (χ3n) is 4.77. The Kier molecular flexibility index (Phi) is 8.74. The molecular formula is C19H32ClN3O. The number of benzene rings is 1. The molecule has 3 N–H and O–H groups in total. The number of carbonyl (C=O) groups is 1. The molecule has 1 aromatic rings. The number of hydrogen-bond acceptors (Lipinski definition) is 3. The van der Waals surface area contributed by atoms with Crippen molar-refractivity contribution in [1.29, 1.82) is 0 Å². The van der Waals surface area contributed by atoms with Crippen LogP contribution < -0.4 is 11.1 Å². The fourth-order valence-corrected chi connectivity index (χ4v) is 3.29. The lowest BCUT2D eigenvalue weighted by molar-refractivity contribution is -0.126.